The lowest BCUT2D eigenvalue weighted by molar-refractivity contribution is 0.0696. The fourth-order valence-electron chi connectivity index (χ4n) is 1.44. The molecule has 0 spiro atoms. The van der Waals surface area contributed by atoms with Crippen molar-refractivity contribution >= 4 is 17.7 Å². The van der Waals surface area contributed by atoms with Crippen molar-refractivity contribution in [2.45, 2.75) is 12.8 Å². The fourth-order valence-corrected chi connectivity index (χ4v) is 1.44. The number of aromatic carboxylic acids is 1. The highest BCUT2D eigenvalue weighted by Crippen LogP contribution is 2.29. The van der Waals surface area contributed by atoms with Crippen LogP contribution < -0.4 is 5.32 Å². The molecule has 0 saturated heterocycles. The Morgan fingerprint density at radius 2 is 2.06 bits per heavy atom. The Labute approximate surface area is 103 Å². The summed E-state index contributed by atoms with van der Waals surface area (Å²) in [7, 11) is 0. The molecule has 0 heterocycles. The van der Waals surface area contributed by atoms with Gasteiger partial charge in [-0.1, -0.05) is 0 Å². The summed E-state index contributed by atoms with van der Waals surface area (Å²) in [5.74, 6) is -0.956. The maximum Gasteiger partial charge on any atom is 0.411 e. The van der Waals surface area contributed by atoms with E-state index >= 15 is 0 Å². The SMILES string of the molecule is O=C(Nc1cc(O)cc(C(=O)O)c1)OCC1CC1. The molecule has 1 aliphatic rings. The largest absolute Gasteiger partial charge is 0.508 e. The average molecular weight is 251 g/mol. The van der Waals surface area contributed by atoms with Crippen molar-refractivity contribution in [2.75, 3.05) is 11.9 Å². The average Bonchev–Trinajstić information content (AvgIpc) is 3.09. The number of carbonyl (C=O) groups excluding carboxylic acids is 1. The van der Waals surface area contributed by atoms with E-state index in [2.05, 4.69) is 5.32 Å². The van der Waals surface area contributed by atoms with Crippen molar-refractivity contribution in [3.63, 3.8) is 0 Å². The van der Waals surface area contributed by atoms with Crippen LogP contribution in [-0.2, 0) is 4.74 Å². The number of rotatable bonds is 4. The van der Waals surface area contributed by atoms with Gasteiger partial charge in [-0.25, -0.2) is 9.59 Å². The molecule has 0 aromatic heterocycles. The monoisotopic (exact) mass is 251 g/mol. The zero-order chi connectivity index (χ0) is 13.1. The van der Waals surface area contributed by atoms with Crippen LogP contribution >= 0.6 is 0 Å². The van der Waals surface area contributed by atoms with Crippen LogP contribution in [0.2, 0.25) is 0 Å². The maximum atomic E-state index is 11.4. The van der Waals surface area contributed by atoms with E-state index in [0.717, 1.165) is 18.9 Å². The summed E-state index contributed by atoms with van der Waals surface area (Å²) in [6.07, 6.45) is 1.49. The summed E-state index contributed by atoms with van der Waals surface area (Å²) in [6, 6.07) is 3.61. The second-order valence-corrected chi connectivity index (χ2v) is 4.24. The Kier molecular flexibility index (Phi) is 3.36. The third kappa shape index (κ3) is 3.38. The van der Waals surface area contributed by atoms with E-state index < -0.39 is 12.1 Å². The van der Waals surface area contributed by atoms with E-state index in [4.69, 9.17) is 9.84 Å². The van der Waals surface area contributed by atoms with Gasteiger partial charge in [0.1, 0.15) is 5.75 Å². The maximum absolute atomic E-state index is 11.4. The second kappa shape index (κ2) is 4.95. The zero-order valence-electron chi connectivity index (χ0n) is 9.55. The van der Waals surface area contributed by atoms with Crippen LogP contribution in [0.25, 0.3) is 0 Å². The van der Waals surface area contributed by atoms with Gasteiger partial charge in [0.25, 0.3) is 0 Å². The van der Waals surface area contributed by atoms with Gasteiger partial charge < -0.3 is 14.9 Å². The minimum absolute atomic E-state index is 0.104. The summed E-state index contributed by atoms with van der Waals surface area (Å²) in [5, 5.41) is 20.5. The number of carboxylic acid groups (broad SMARTS) is 1. The summed E-state index contributed by atoms with van der Waals surface area (Å²) < 4.78 is 4.93. The van der Waals surface area contributed by atoms with Crippen molar-refractivity contribution < 1.29 is 24.5 Å². The first-order valence-electron chi connectivity index (χ1n) is 5.56. The summed E-state index contributed by atoms with van der Waals surface area (Å²) in [6.45, 7) is 0.371. The first-order valence-corrected chi connectivity index (χ1v) is 5.56. The molecule has 1 aromatic rings. The Morgan fingerprint density at radius 1 is 1.33 bits per heavy atom. The third-order valence-corrected chi connectivity index (χ3v) is 2.56. The highest BCUT2D eigenvalue weighted by molar-refractivity contribution is 5.92. The van der Waals surface area contributed by atoms with Gasteiger partial charge in [-0.3, -0.25) is 5.32 Å². The minimum atomic E-state index is -1.18. The number of nitrogens with one attached hydrogen (secondary N) is 1. The number of hydrogen-bond donors (Lipinski definition) is 3. The van der Waals surface area contributed by atoms with E-state index in [1.165, 1.54) is 12.1 Å². The van der Waals surface area contributed by atoms with E-state index in [-0.39, 0.29) is 17.0 Å². The number of aromatic hydroxyl groups is 1. The van der Waals surface area contributed by atoms with E-state index in [1.807, 2.05) is 0 Å². The number of phenolic OH excluding ortho intramolecular Hbond substituents is 1. The van der Waals surface area contributed by atoms with Crippen LogP contribution in [0.15, 0.2) is 18.2 Å². The molecule has 0 atom stereocenters. The number of hydrogen-bond acceptors (Lipinski definition) is 4. The molecule has 18 heavy (non-hydrogen) atoms. The lowest BCUT2D eigenvalue weighted by Gasteiger charge is -2.07. The molecule has 1 amide bonds. The quantitative estimate of drug-likeness (QED) is 0.761. The van der Waals surface area contributed by atoms with E-state index in [9.17, 15) is 14.7 Å². The van der Waals surface area contributed by atoms with Crippen molar-refractivity contribution in [3.8, 4) is 5.75 Å². The summed E-state index contributed by atoms with van der Waals surface area (Å²) in [5.41, 5.74) is 0.0840. The van der Waals surface area contributed by atoms with Crippen LogP contribution in [0, 0.1) is 5.92 Å². The number of ether oxygens (including phenoxy) is 1. The molecule has 1 aromatic carbocycles. The topological polar surface area (TPSA) is 95.9 Å². The van der Waals surface area contributed by atoms with Gasteiger partial charge >= 0.3 is 12.1 Å². The lowest BCUT2D eigenvalue weighted by Crippen LogP contribution is -2.15. The van der Waals surface area contributed by atoms with Gasteiger partial charge in [0.05, 0.1) is 12.2 Å². The van der Waals surface area contributed by atoms with Crippen molar-refractivity contribution in [3.05, 3.63) is 23.8 Å². The normalized spacial score (nSPS) is 14.0. The Morgan fingerprint density at radius 3 is 2.67 bits per heavy atom. The number of carboxylic acids is 1. The molecule has 1 aliphatic carbocycles. The highest BCUT2D eigenvalue weighted by Gasteiger charge is 2.23. The predicted molar refractivity (Wildman–Crippen MR) is 62.8 cm³/mol. The van der Waals surface area contributed by atoms with Crippen LogP contribution in [0.3, 0.4) is 0 Å². The summed E-state index contributed by atoms with van der Waals surface area (Å²) >= 11 is 0. The van der Waals surface area contributed by atoms with Crippen LogP contribution in [0.4, 0.5) is 10.5 Å². The Bertz CT molecular complexity index is 481. The van der Waals surface area contributed by atoms with Crippen LogP contribution in [-0.4, -0.2) is 28.9 Å². The standard InChI is InChI=1S/C12H13NO5/c14-10-4-8(11(15)16)3-9(5-10)13-12(17)18-6-7-1-2-7/h3-5,7,14H,1-2,6H2,(H,13,17)(H,15,16). The minimum Gasteiger partial charge on any atom is -0.508 e. The number of anilines is 1. The third-order valence-electron chi connectivity index (χ3n) is 2.56. The van der Waals surface area contributed by atoms with Gasteiger partial charge in [0.2, 0.25) is 0 Å². The lowest BCUT2D eigenvalue weighted by atomic mass is 10.2. The predicted octanol–water partition coefficient (Wildman–Crippen LogP) is 2.05. The molecule has 0 radical (unpaired) electrons. The first kappa shape index (κ1) is 12.2. The van der Waals surface area contributed by atoms with Gasteiger partial charge in [-0.15, -0.1) is 0 Å². The molecule has 2 rings (SSSR count). The molecule has 6 nitrogen and oxygen atoms in total. The van der Waals surface area contributed by atoms with Gasteiger partial charge in [0.15, 0.2) is 0 Å². The molecule has 6 heteroatoms. The Balaban J connectivity index is 1.98. The van der Waals surface area contributed by atoms with E-state index in [1.54, 1.807) is 0 Å². The molecule has 1 fully saturated rings. The van der Waals surface area contributed by atoms with Crippen LogP contribution in [0.1, 0.15) is 23.2 Å². The molecular weight excluding hydrogens is 238 g/mol. The molecule has 0 aliphatic heterocycles. The smallest absolute Gasteiger partial charge is 0.411 e. The van der Waals surface area contributed by atoms with Crippen molar-refractivity contribution in [2.24, 2.45) is 5.92 Å². The van der Waals surface area contributed by atoms with Crippen LogP contribution in [0.5, 0.6) is 5.75 Å². The first-order chi connectivity index (χ1) is 8.54. The highest BCUT2D eigenvalue weighted by atomic mass is 16.5. The zero-order valence-corrected chi connectivity index (χ0v) is 9.55. The van der Waals surface area contributed by atoms with Crippen molar-refractivity contribution in [1.82, 2.24) is 0 Å². The van der Waals surface area contributed by atoms with Gasteiger partial charge in [0, 0.05) is 11.8 Å². The molecule has 3 N–H and O–H groups in total. The molecule has 0 unspecified atom stereocenters. The van der Waals surface area contributed by atoms with Crippen molar-refractivity contribution in [1.29, 1.82) is 0 Å². The molecule has 1 saturated carbocycles. The number of phenols is 1. The van der Waals surface area contributed by atoms with Gasteiger partial charge in [-0.2, -0.15) is 0 Å². The Hall–Kier alpha value is -2.24. The molecular formula is C12H13NO5. The number of carbonyl (C=O) groups is 2. The molecule has 0 bridgehead atoms. The second-order valence-electron chi connectivity index (χ2n) is 4.24. The number of amides is 1. The summed E-state index contributed by atoms with van der Waals surface area (Å²) in [4.78, 5) is 22.1. The molecule has 96 valence electrons. The van der Waals surface area contributed by atoms with Gasteiger partial charge in [-0.05, 0) is 30.9 Å². The van der Waals surface area contributed by atoms with E-state index in [0.29, 0.717) is 12.5 Å². The fraction of sp³-hybridized carbons (Fsp3) is 0.333. The number of benzene rings is 1.